The standard InChI is InChI=1S/C13H11Cl2N3O/c1-7-11(4-5-12(15)17-7)18-13(19)9-6-8(16)2-3-10(9)14/h2-6H,16H2,1H3,(H,18,19). The maximum absolute atomic E-state index is 12.1. The number of nitrogen functional groups attached to an aromatic ring is 1. The van der Waals surface area contributed by atoms with E-state index in [2.05, 4.69) is 10.3 Å². The Bertz CT molecular complexity index is 644. The smallest absolute Gasteiger partial charge is 0.257 e. The summed E-state index contributed by atoms with van der Waals surface area (Å²) >= 11 is 11.7. The minimum absolute atomic E-state index is 0.316. The number of pyridine rings is 1. The number of carbonyl (C=O) groups excluding carboxylic acids is 1. The molecule has 0 aliphatic heterocycles. The van der Waals surface area contributed by atoms with Gasteiger partial charge in [-0.2, -0.15) is 0 Å². The first-order chi connectivity index (χ1) is 8.97. The summed E-state index contributed by atoms with van der Waals surface area (Å²) in [4.78, 5) is 16.2. The van der Waals surface area contributed by atoms with Crippen LogP contribution < -0.4 is 11.1 Å². The zero-order chi connectivity index (χ0) is 14.0. The van der Waals surface area contributed by atoms with E-state index in [4.69, 9.17) is 28.9 Å². The molecule has 0 atom stereocenters. The van der Waals surface area contributed by atoms with E-state index in [1.165, 1.54) is 6.07 Å². The minimum Gasteiger partial charge on any atom is -0.399 e. The summed E-state index contributed by atoms with van der Waals surface area (Å²) < 4.78 is 0. The highest BCUT2D eigenvalue weighted by molar-refractivity contribution is 6.34. The van der Waals surface area contributed by atoms with Crippen molar-refractivity contribution in [3.8, 4) is 0 Å². The third kappa shape index (κ3) is 3.16. The summed E-state index contributed by atoms with van der Waals surface area (Å²) in [6, 6.07) is 8.03. The van der Waals surface area contributed by atoms with E-state index in [-0.39, 0.29) is 5.91 Å². The normalized spacial score (nSPS) is 10.3. The molecule has 2 rings (SSSR count). The van der Waals surface area contributed by atoms with Gasteiger partial charge in [-0.1, -0.05) is 23.2 Å². The molecule has 4 nitrogen and oxygen atoms in total. The molecular weight excluding hydrogens is 285 g/mol. The number of benzene rings is 1. The molecular formula is C13H11Cl2N3O. The fraction of sp³-hybridized carbons (Fsp3) is 0.0769. The fourth-order valence-electron chi connectivity index (χ4n) is 1.57. The molecule has 98 valence electrons. The molecule has 0 bridgehead atoms. The van der Waals surface area contributed by atoms with Gasteiger partial charge in [0.1, 0.15) is 5.15 Å². The number of carbonyl (C=O) groups is 1. The molecule has 0 aliphatic carbocycles. The summed E-state index contributed by atoms with van der Waals surface area (Å²) in [5, 5.41) is 3.43. The van der Waals surface area contributed by atoms with Gasteiger partial charge in [-0.05, 0) is 37.3 Å². The number of rotatable bonds is 2. The summed E-state index contributed by atoms with van der Waals surface area (Å²) in [5.41, 5.74) is 7.63. The number of hydrogen-bond donors (Lipinski definition) is 2. The first kappa shape index (κ1) is 13.6. The molecule has 0 saturated heterocycles. The van der Waals surface area contributed by atoms with E-state index < -0.39 is 0 Å². The monoisotopic (exact) mass is 295 g/mol. The van der Waals surface area contributed by atoms with Gasteiger partial charge in [0.05, 0.1) is 22.0 Å². The van der Waals surface area contributed by atoms with E-state index in [9.17, 15) is 4.79 Å². The zero-order valence-corrected chi connectivity index (χ0v) is 11.6. The van der Waals surface area contributed by atoms with E-state index in [1.807, 2.05) is 0 Å². The highest BCUT2D eigenvalue weighted by atomic mass is 35.5. The third-order valence-electron chi connectivity index (χ3n) is 2.54. The molecule has 6 heteroatoms. The number of halogens is 2. The zero-order valence-electron chi connectivity index (χ0n) is 10.1. The molecule has 0 aliphatic rings. The molecule has 0 radical (unpaired) electrons. The van der Waals surface area contributed by atoms with Gasteiger partial charge in [0.15, 0.2) is 0 Å². The first-order valence-corrected chi connectivity index (χ1v) is 6.22. The Kier molecular flexibility index (Phi) is 3.93. The second-order valence-corrected chi connectivity index (χ2v) is 4.75. The van der Waals surface area contributed by atoms with Gasteiger partial charge in [0.25, 0.3) is 5.91 Å². The van der Waals surface area contributed by atoms with Crippen LogP contribution in [0.15, 0.2) is 30.3 Å². The average Bonchev–Trinajstić information content (AvgIpc) is 2.35. The highest BCUT2D eigenvalue weighted by Gasteiger charge is 2.12. The predicted molar refractivity (Wildman–Crippen MR) is 77.8 cm³/mol. The number of aryl methyl sites for hydroxylation is 1. The molecule has 0 fully saturated rings. The summed E-state index contributed by atoms with van der Waals surface area (Å²) in [7, 11) is 0. The number of nitrogens with one attached hydrogen (secondary N) is 1. The number of aromatic nitrogens is 1. The third-order valence-corrected chi connectivity index (χ3v) is 3.08. The Labute approximate surface area is 120 Å². The van der Waals surface area contributed by atoms with E-state index >= 15 is 0 Å². The molecule has 2 aromatic rings. The van der Waals surface area contributed by atoms with Crippen molar-refractivity contribution in [1.29, 1.82) is 0 Å². The minimum atomic E-state index is -0.343. The number of nitrogens with two attached hydrogens (primary N) is 1. The van der Waals surface area contributed by atoms with E-state index in [0.29, 0.717) is 32.8 Å². The van der Waals surface area contributed by atoms with Crippen LogP contribution in [0.5, 0.6) is 0 Å². The van der Waals surface area contributed by atoms with Gasteiger partial charge in [0.2, 0.25) is 0 Å². The second-order valence-electron chi connectivity index (χ2n) is 3.96. The van der Waals surface area contributed by atoms with Gasteiger partial charge in [-0.3, -0.25) is 4.79 Å². The lowest BCUT2D eigenvalue weighted by Gasteiger charge is -2.09. The Morgan fingerprint density at radius 3 is 2.68 bits per heavy atom. The van der Waals surface area contributed by atoms with Crippen molar-refractivity contribution in [3.63, 3.8) is 0 Å². The molecule has 1 heterocycles. The average molecular weight is 296 g/mol. The predicted octanol–water partition coefficient (Wildman–Crippen LogP) is 3.53. The maximum atomic E-state index is 12.1. The Morgan fingerprint density at radius 1 is 1.26 bits per heavy atom. The number of amides is 1. The largest absolute Gasteiger partial charge is 0.399 e. The molecule has 0 spiro atoms. The lowest BCUT2D eigenvalue weighted by Crippen LogP contribution is -2.14. The van der Waals surface area contributed by atoms with Crippen molar-refractivity contribution in [3.05, 3.63) is 51.8 Å². The van der Waals surface area contributed by atoms with E-state index in [0.717, 1.165) is 0 Å². The topological polar surface area (TPSA) is 68.0 Å². The first-order valence-electron chi connectivity index (χ1n) is 5.47. The van der Waals surface area contributed by atoms with Crippen LogP contribution in [0.25, 0.3) is 0 Å². The van der Waals surface area contributed by atoms with Crippen molar-refractivity contribution >= 4 is 40.5 Å². The molecule has 0 unspecified atom stereocenters. The van der Waals surface area contributed by atoms with Crippen molar-refractivity contribution in [2.24, 2.45) is 0 Å². The van der Waals surface area contributed by atoms with Gasteiger partial charge < -0.3 is 11.1 Å². The molecule has 1 aromatic heterocycles. The van der Waals surface area contributed by atoms with Crippen molar-refractivity contribution < 1.29 is 4.79 Å². The van der Waals surface area contributed by atoms with Crippen molar-refractivity contribution in [2.45, 2.75) is 6.92 Å². The van der Waals surface area contributed by atoms with Crippen molar-refractivity contribution in [2.75, 3.05) is 11.1 Å². The van der Waals surface area contributed by atoms with Gasteiger partial charge in [-0.15, -0.1) is 0 Å². The van der Waals surface area contributed by atoms with Crippen LogP contribution in [0.2, 0.25) is 10.2 Å². The second kappa shape index (κ2) is 5.47. The van der Waals surface area contributed by atoms with E-state index in [1.54, 1.807) is 31.2 Å². The van der Waals surface area contributed by atoms with Crippen LogP contribution in [0.3, 0.4) is 0 Å². The number of nitrogens with zero attached hydrogens (tertiary/aromatic N) is 1. The number of anilines is 2. The number of hydrogen-bond acceptors (Lipinski definition) is 3. The SMILES string of the molecule is Cc1nc(Cl)ccc1NC(=O)c1cc(N)ccc1Cl. The van der Waals surface area contributed by atoms with Gasteiger partial charge in [0, 0.05) is 5.69 Å². The van der Waals surface area contributed by atoms with Crippen LogP contribution in [0.1, 0.15) is 16.1 Å². The van der Waals surface area contributed by atoms with Crippen LogP contribution in [-0.2, 0) is 0 Å². The molecule has 1 amide bonds. The molecule has 3 N–H and O–H groups in total. The lowest BCUT2D eigenvalue weighted by molar-refractivity contribution is 0.102. The Hall–Kier alpha value is -1.78. The van der Waals surface area contributed by atoms with Gasteiger partial charge >= 0.3 is 0 Å². The van der Waals surface area contributed by atoms with Gasteiger partial charge in [-0.25, -0.2) is 4.98 Å². The molecule has 1 aromatic carbocycles. The Morgan fingerprint density at radius 2 is 2.00 bits per heavy atom. The quantitative estimate of drug-likeness (QED) is 0.658. The van der Waals surface area contributed by atoms with Crippen LogP contribution in [0.4, 0.5) is 11.4 Å². The maximum Gasteiger partial charge on any atom is 0.257 e. The van der Waals surface area contributed by atoms with Crippen LogP contribution in [-0.4, -0.2) is 10.9 Å². The van der Waals surface area contributed by atoms with Crippen LogP contribution in [0, 0.1) is 6.92 Å². The summed E-state index contributed by atoms with van der Waals surface area (Å²) in [5.74, 6) is -0.343. The summed E-state index contributed by atoms with van der Waals surface area (Å²) in [6.45, 7) is 1.75. The molecule has 0 saturated carbocycles. The summed E-state index contributed by atoms with van der Waals surface area (Å²) in [6.07, 6.45) is 0. The van der Waals surface area contributed by atoms with Crippen LogP contribution >= 0.6 is 23.2 Å². The lowest BCUT2D eigenvalue weighted by atomic mass is 10.2. The highest BCUT2D eigenvalue weighted by Crippen LogP contribution is 2.22. The fourth-order valence-corrected chi connectivity index (χ4v) is 1.96. The Balaban J connectivity index is 2.28. The molecule has 19 heavy (non-hydrogen) atoms. The van der Waals surface area contributed by atoms with Crippen molar-refractivity contribution in [1.82, 2.24) is 4.98 Å².